The van der Waals surface area contributed by atoms with E-state index < -0.39 is 0 Å². The van der Waals surface area contributed by atoms with E-state index in [0.717, 1.165) is 49.3 Å². The molecule has 1 N–H and O–H groups in total. The molecule has 2 aromatic carbocycles. The van der Waals surface area contributed by atoms with Gasteiger partial charge in [0, 0.05) is 32.2 Å². The summed E-state index contributed by atoms with van der Waals surface area (Å²) in [6, 6.07) is 15.7. The van der Waals surface area contributed by atoms with Crippen molar-refractivity contribution in [1.82, 2.24) is 9.97 Å². The molecule has 0 spiro atoms. The van der Waals surface area contributed by atoms with Crippen LogP contribution in [0.1, 0.15) is 36.8 Å². The van der Waals surface area contributed by atoms with Crippen LogP contribution in [0.3, 0.4) is 0 Å². The zero-order valence-electron chi connectivity index (χ0n) is 24.1. The number of aromatic nitrogens is 2. The van der Waals surface area contributed by atoms with Gasteiger partial charge in [0.05, 0.1) is 26.5 Å². The Morgan fingerprint density at radius 1 is 0.829 bits per heavy atom. The SMILES string of the molecule is COc1cc(/C=N\Nc2cc(N3CCCC3)nc(N3CCCC3)n2)ccc1OCCOCCOc1cccc(C)c1. The molecule has 10 heteroatoms. The third-order valence-electron chi connectivity index (χ3n) is 7.07. The average molecular weight is 561 g/mol. The maximum Gasteiger partial charge on any atom is 0.229 e. The minimum absolute atomic E-state index is 0.405. The number of hydrazone groups is 1. The lowest BCUT2D eigenvalue weighted by Gasteiger charge is -2.21. The first kappa shape index (κ1) is 28.5. The van der Waals surface area contributed by atoms with Gasteiger partial charge >= 0.3 is 0 Å². The predicted molar refractivity (Wildman–Crippen MR) is 162 cm³/mol. The van der Waals surface area contributed by atoms with Gasteiger partial charge in [-0.3, -0.25) is 5.43 Å². The Kier molecular flexibility index (Phi) is 10.1. The normalized spacial score (nSPS) is 15.1. The zero-order chi connectivity index (χ0) is 28.3. The Morgan fingerprint density at radius 2 is 1.59 bits per heavy atom. The zero-order valence-corrected chi connectivity index (χ0v) is 24.1. The van der Waals surface area contributed by atoms with Gasteiger partial charge in [0.25, 0.3) is 0 Å². The summed E-state index contributed by atoms with van der Waals surface area (Å²) >= 11 is 0. The standard InChI is InChI=1S/C31H40N6O4/c1-24-8-7-9-26(20-24)40-18-16-39-17-19-41-27-11-10-25(21-28(27)38-2)23-32-35-29-22-30(36-12-3-4-13-36)34-31(33-29)37-14-5-6-15-37/h7-11,20-23H,3-6,12-19H2,1-2H3,(H,33,34,35)/b32-23-. The summed E-state index contributed by atoms with van der Waals surface area (Å²) in [6.45, 7) is 7.92. The molecule has 0 bridgehead atoms. The second kappa shape index (κ2) is 14.5. The van der Waals surface area contributed by atoms with Crippen LogP contribution in [0.15, 0.2) is 53.6 Å². The summed E-state index contributed by atoms with van der Waals surface area (Å²) < 4.78 is 22.8. The van der Waals surface area contributed by atoms with Gasteiger partial charge in [-0.15, -0.1) is 0 Å². The monoisotopic (exact) mass is 560 g/mol. The Labute approximate surface area is 242 Å². The van der Waals surface area contributed by atoms with Crippen molar-refractivity contribution < 1.29 is 18.9 Å². The van der Waals surface area contributed by atoms with E-state index in [2.05, 4.69) is 20.3 Å². The molecule has 0 atom stereocenters. The van der Waals surface area contributed by atoms with Crippen molar-refractivity contribution in [2.24, 2.45) is 5.10 Å². The highest BCUT2D eigenvalue weighted by molar-refractivity contribution is 5.81. The van der Waals surface area contributed by atoms with Crippen LogP contribution >= 0.6 is 0 Å². The Balaban J connectivity index is 1.11. The van der Waals surface area contributed by atoms with Crippen LogP contribution in [0.4, 0.5) is 17.6 Å². The summed E-state index contributed by atoms with van der Waals surface area (Å²) in [5.74, 6) is 4.56. The number of methoxy groups -OCH3 is 1. The quantitative estimate of drug-likeness (QED) is 0.168. The average Bonchev–Trinajstić information content (AvgIpc) is 3.73. The van der Waals surface area contributed by atoms with Gasteiger partial charge in [0.2, 0.25) is 5.95 Å². The van der Waals surface area contributed by atoms with Gasteiger partial charge in [-0.05, 0) is 74.1 Å². The maximum atomic E-state index is 5.88. The molecule has 0 amide bonds. The number of hydrogen-bond donors (Lipinski definition) is 1. The second-order valence-corrected chi connectivity index (χ2v) is 10.2. The molecule has 0 unspecified atom stereocenters. The number of nitrogens with zero attached hydrogens (tertiary/aromatic N) is 5. The molecule has 5 rings (SSSR count). The lowest BCUT2D eigenvalue weighted by Crippen LogP contribution is -2.24. The van der Waals surface area contributed by atoms with Crippen molar-refractivity contribution in [2.75, 3.05) is 74.9 Å². The van der Waals surface area contributed by atoms with Crippen LogP contribution in [0.2, 0.25) is 0 Å². The second-order valence-electron chi connectivity index (χ2n) is 10.2. The van der Waals surface area contributed by atoms with E-state index in [4.69, 9.17) is 28.9 Å². The Hall–Kier alpha value is -4.05. The van der Waals surface area contributed by atoms with E-state index in [9.17, 15) is 0 Å². The van der Waals surface area contributed by atoms with E-state index in [-0.39, 0.29) is 0 Å². The number of aryl methyl sites for hydroxylation is 1. The number of rotatable bonds is 14. The minimum Gasteiger partial charge on any atom is -0.493 e. The number of benzene rings is 2. The highest BCUT2D eigenvalue weighted by Crippen LogP contribution is 2.28. The lowest BCUT2D eigenvalue weighted by molar-refractivity contribution is 0.0757. The molecule has 10 nitrogen and oxygen atoms in total. The molecule has 2 saturated heterocycles. The molecular weight excluding hydrogens is 520 g/mol. The smallest absolute Gasteiger partial charge is 0.229 e. The van der Waals surface area contributed by atoms with Gasteiger partial charge in [0.15, 0.2) is 17.3 Å². The number of anilines is 3. The van der Waals surface area contributed by atoms with Crippen LogP contribution in [0.5, 0.6) is 17.2 Å². The van der Waals surface area contributed by atoms with Crippen molar-refractivity contribution in [2.45, 2.75) is 32.6 Å². The third-order valence-corrected chi connectivity index (χ3v) is 7.07. The number of hydrogen-bond acceptors (Lipinski definition) is 10. The topological polar surface area (TPSA) is 93.6 Å². The fourth-order valence-corrected chi connectivity index (χ4v) is 4.94. The largest absolute Gasteiger partial charge is 0.493 e. The first-order chi connectivity index (χ1) is 20.2. The molecule has 41 heavy (non-hydrogen) atoms. The fraction of sp³-hybridized carbons (Fsp3) is 0.452. The van der Waals surface area contributed by atoms with Gasteiger partial charge in [-0.2, -0.15) is 15.1 Å². The molecule has 2 aliphatic heterocycles. The van der Waals surface area contributed by atoms with Crippen LogP contribution in [-0.2, 0) is 4.74 Å². The molecular formula is C31H40N6O4. The van der Waals surface area contributed by atoms with Crippen molar-refractivity contribution in [3.8, 4) is 17.2 Å². The summed E-state index contributed by atoms with van der Waals surface area (Å²) in [7, 11) is 1.63. The van der Waals surface area contributed by atoms with Crippen molar-refractivity contribution in [1.29, 1.82) is 0 Å². The van der Waals surface area contributed by atoms with Crippen LogP contribution in [0, 0.1) is 6.92 Å². The van der Waals surface area contributed by atoms with Crippen molar-refractivity contribution in [3.05, 3.63) is 59.7 Å². The first-order valence-corrected chi connectivity index (χ1v) is 14.4. The van der Waals surface area contributed by atoms with Gasteiger partial charge in [-0.1, -0.05) is 12.1 Å². The Morgan fingerprint density at radius 3 is 2.34 bits per heavy atom. The fourth-order valence-electron chi connectivity index (χ4n) is 4.94. The van der Waals surface area contributed by atoms with E-state index >= 15 is 0 Å². The van der Waals surface area contributed by atoms with Gasteiger partial charge in [0.1, 0.15) is 24.8 Å². The van der Waals surface area contributed by atoms with Gasteiger partial charge < -0.3 is 28.7 Å². The molecule has 1 aromatic heterocycles. The molecule has 2 aliphatic rings. The van der Waals surface area contributed by atoms with Crippen molar-refractivity contribution >= 4 is 23.8 Å². The van der Waals surface area contributed by atoms with E-state index in [1.807, 2.05) is 55.5 Å². The molecule has 218 valence electrons. The molecule has 3 aromatic rings. The summed E-state index contributed by atoms with van der Waals surface area (Å²) in [6.07, 6.45) is 6.49. The summed E-state index contributed by atoms with van der Waals surface area (Å²) in [5.41, 5.74) is 5.16. The Bertz CT molecular complexity index is 1260. The van der Waals surface area contributed by atoms with Crippen LogP contribution in [-0.4, -0.2) is 75.9 Å². The number of nitrogens with one attached hydrogen (secondary N) is 1. The predicted octanol–water partition coefficient (Wildman–Crippen LogP) is 4.91. The highest BCUT2D eigenvalue weighted by atomic mass is 16.6. The molecule has 3 heterocycles. The molecule has 2 fully saturated rings. The molecule has 0 saturated carbocycles. The minimum atomic E-state index is 0.405. The maximum absolute atomic E-state index is 5.88. The van der Waals surface area contributed by atoms with Gasteiger partial charge in [-0.25, -0.2) is 0 Å². The summed E-state index contributed by atoms with van der Waals surface area (Å²) in [4.78, 5) is 14.2. The number of ether oxygens (including phenoxy) is 4. The summed E-state index contributed by atoms with van der Waals surface area (Å²) in [5, 5.41) is 4.45. The third kappa shape index (κ3) is 8.23. The molecule has 0 aliphatic carbocycles. The van der Waals surface area contributed by atoms with Crippen LogP contribution < -0.4 is 29.4 Å². The van der Waals surface area contributed by atoms with E-state index in [1.165, 1.54) is 31.2 Å². The van der Waals surface area contributed by atoms with Crippen LogP contribution in [0.25, 0.3) is 0 Å². The highest BCUT2D eigenvalue weighted by Gasteiger charge is 2.20. The van der Waals surface area contributed by atoms with E-state index in [1.54, 1.807) is 13.3 Å². The molecule has 0 radical (unpaired) electrons. The lowest BCUT2D eigenvalue weighted by atomic mass is 10.2. The van der Waals surface area contributed by atoms with Crippen molar-refractivity contribution in [3.63, 3.8) is 0 Å². The van der Waals surface area contributed by atoms with E-state index in [0.29, 0.717) is 43.7 Å². The first-order valence-electron chi connectivity index (χ1n) is 14.4.